The van der Waals surface area contributed by atoms with Gasteiger partial charge in [0.2, 0.25) is 0 Å². The van der Waals surface area contributed by atoms with Gasteiger partial charge in [-0.1, -0.05) is 19.9 Å². The molecule has 2 aromatic heterocycles. The fourth-order valence-corrected chi connectivity index (χ4v) is 3.97. The highest BCUT2D eigenvalue weighted by Crippen LogP contribution is 2.43. The van der Waals surface area contributed by atoms with Crippen molar-refractivity contribution in [1.82, 2.24) is 9.55 Å². The number of aromatic nitrogens is 2. The van der Waals surface area contributed by atoms with Crippen LogP contribution in [-0.4, -0.2) is 26.4 Å². The van der Waals surface area contributed by atoms with Crippen molar-refractivity contribution in [2.24, 2.45) is 0 Å². The van der Waals surface area contributed by atoms with E-state index in [1.165, 1.54) is 61.3 Å². The van der Waals surface area contributed by atoms with E-state index >= 15 is 0 Å². The highest BCUT2D eigenvalue weighted by molar-refractivity contribution is 5.77. The van der Waals surface area contributed by atoms with Crippen molar-refractivity contribution >= 4 is 10.9 Å². The van der Waals surface area contributed by atoms with Crippen LogP contribution in [0.25, 0.3) is 10.9 Å². The van der Waals surface area contributed by atoms with Crippen molar-refractivity contribution in [3.63, 3.8) is 0 Å². The summed E-state index contributed by atoms with van der Waals surface area (Å²) in [6.45, 7) is 3.92. The molecule has 30 heavy (non-hydrogen) atoms. The van der Waals surface area contributed by atoms with Gasteiger partial charge in [-0.2, -0.15) is 13.2 Å². The van der Waals surface area contributed by atoms with E-state index < -0.39 is 36.0 Å². The maximum absolute atomic E-state index is 14.1. The van der Waals surface area contributed by atoms with Gasteiger partial charge in [0.1, 0.15) is 5.82 Å². The molecule has 160 valence electrons. The molecule has 1 aromatic carbocycles. The van der Waals surface area contributed by atoms with Gasteiger partial charge in [-0.15, -0.1) is 0 Å². The van der Waals surface area contributed by atoms with Crippen LogP contribution in [0.1, 0.15) is 31.4 Å². The lowest BCUT2D eigenvalue weighted by molar-refractivity contribution is -0.271. The Balaban J connectivity index is 2.07. The first-order chi connectivity index (χ1) is 13.8. The lowest BCUT2D eigenvalue weighted by Gasteiger charge is -2.39. The lowest BCUT2D eigenvalue weighted by atomic mass is 9.73. The zero-order valence-electron chi connectivity index (χ0n) is 16.8. The molecule has 0 aliphatic heterocycles. The summed E-state index contributed by atoms with van der Waals surface area (Å²) in [4.78, 5) is 15.9. The Bertz CT molecular complexity index is 1140. The summed E-state index contributed by atoms with van der Waals surface area (Å²) in [5.74, 6) is -0.559. The van der Waals surface area contributed by atoms with Crippen molar-refractivity contribution in [3.8, 4) is 0 Å². The molecule has 1 unspecified atom stereocenters. The second kappa shape index (κ2) is 7.50. The predicted octanol–water partition coefficient (Wildman–Crippen LogP) is 4.51. The average Bonchev–Trinajstić information content (AvgIpc) is 2.65. The number of halogens is 4. The summed E-state index contributed by atoms with van der Waals surface area (Å²) in [6, 6.07) is 6.51. The maximum atomic E-state index is 14.1. The minimum atomic E-state index is -4.97. The molecule has 0 fully saturated rings. The number of pyridine rings is 2. The molecule has 0 aliphatic carbocycles. The van der Waals surface area contributed by atoms with E-state index in [2.05, 4.69) is 4.98 Å². The van der Waals surface area contributed by atoms with E-state index in [1.54, 1.807) is 6.92 Å². The van der Waals surface area contributed by atoms with Crippen LogP contribution in [0.5, 0.6) is 0 Å². The summed E-state index contributed by atoms with van der Waals surface area (Å²) in [7, 11) is 0. The maximum Gasteiger partial charge on any atom is 0.418 e. The Labute approximate surface area is 170 Å². The largest absolute Gasteiger partial charge is 0.418 e. The first-order valence-corrected chi connectivity index (χ1v) is 9.33. The van der Waals surface area contributed by atoms with Crippen LogP contribution in [0.3, 0.4) is 0 Å². The van der Waals surface area contributed by atoms with Crippen LogP contribution < -0.4 is 5.43 Å². The van der Waals surface area contributed by atoms with Gasteiger partial charge in [-0.3, -0.25) is 9.78 Å². The molecular formula is C22H22F4N2O2. The number of hydrogen-bond acceptors (Lipinski definition) is 3. The molecule has 1 N–H and O–H groups in total. The summed E-state index contributed by atoms with van der Waals surface area (Å²) >= 11 is 0. The lowest BCUT2D eigenvalue weighted by Crippen LogP contribution is -2.52. The quantitative estimate of drug-likeness (QED) is 0.616. The Kier molecular flexibility index (Phi) is 5.49. The second-order valence-electron chi connectivity index (χ2n) is 8.25. The molecule has 0 aliphatic rings. The van der Waals surface area contributed by atoms with Gasteiger partial charge < -0.3 is 9.67 Å². The van der Waals surface area contributed by atoms with Crippen LogP contribution in [0.15, 0.2) is 53.7 Å². The Hall–Kier alpha value is -2.74. The molecule has 8 heteroatoms. The number of alkyl halides is 3. The van der Waals surface area contributed by atoms with E-state index in [9.17, 15) is 27.5 Å². The standard InChI is InChI=1S/C22H22F4N2O2/c1-14-4-5-15(23)10-17(14)20(2,3)12-21(30,22(24,25)26)13-28-9-7-19(29)16-6-8-27-11-18(16)28/h4-11,30H,12-13H2,1-3H3. The Morgan fingerprint density at radius 1 is 1.13 bits per heavy atom. The molecular weight excluding hydrogens is 400 g/mol. The second-order valence-corrected chi connectivity index (χ2v) is 8.25. The number of aliphatic hydroxyl groups is 1. The minimum absolute atomic E-state index is 0.187. The molecule has 1 atom stereocenters. The molecule has 3 rings (SSSR count). The third kappa shape index (κ3) is 4.09. The van der Waals surface area contributed by atoms with Gasteiger partial charge in [0.05, 0.1) is 18.3 Å². The van der Waals surface area contributed by atoms with Gasteiger partial charge in [-0.05, 0) is 48.1 Å². The molecule has 3 aromatic rings. The summed E-state index contributed by atoms with van der Waals surface area (Å²) in [5, 5.41) is 11.1. The topological polar surface area (TPSA) is 55.1 Å². The molecule has 0 saturated carbocycles. The van der Waals surface area contributed by atoms with Gasteiger partial charge in [0.15, 0.2) is 11.0 Å². The van der Waals surface area contributed by atoms with Crippen LogP contribution in [0, 0.1) is 12.7 Å². The first kappa shape index (κ1) is 22.0. The molecule has 0 amide bonds. The Morgan fingerprint density at radius 3 is 2.50 bits per heavy atom. The van der Waals surface area contributed by atoms with E-state index in [-0.39, 0.29) is 16.3 Å². The molecule has 0 radical (unpaired) electrons. The van der Waals surface area contributed by atoms with Crippen molar-refractivity contribution in [2.75, 3.05) is 0 Å². The van der Waals surface area contributed by atoms with Crippen molar-refractivity contribution in [2.45, 2.75) is 50.9 Å². The Morgan fingerprint density at radius 2 is 1.83 bits per heavy atom. The number of benzene rings is 1. The zero-order valence-corrected chi connectivity index (χ0v) is 16.8. The highest BCUT2D eigenvalue weighted by atomic mass is 19.4. The van der Waals surface area contributed by atoms with Crippen molar-refractivity contribution in [3.05, 3.63) is 76.1 Å². The van der Waals surface area contributed by atoms with Gasteiger partial charge in [0, 0.05) is 23.8 Å². The van der Waals surface area contributed by atoms with Crippen molar-refractivity contribution in [1.29, 1.82) is 0 Å². The van der Waals surface area contributed by atoms with Gasteiger partial charge in [-0.25, -0.2) is 4.39 Å². The third-order valence-corrected chi connectivity index (χ3v) is 5.40. The molecule has 4 nitrogen and oxygen atoms in total. The highest BCUT2D eigenvalue weighted by Gasteiger charge is 2.56. The summed E-state index contributed by atoms with van der Waals surface area (Å²) in [6.07, 6.45) is -1.80. The van der Waals surface area contributed by atoms with Crippen molar-refractivity contribution < 1.29 is 22.7 Å². The predicted molar refractivity (Wildman–Crippen MR) is 106 cm³/mol. The number of hydrogen-bond donors (Lipinski definition) is 1. The molecule has 2 heterocycles. The van der Waals surface area contributed by atoms with Crippen LogP contribution in [-0.2, 0) is 12.0 Å². The number of rotatable bonds is 5. The smallest absolute Gasteiger partial charge is 0.379 e. The normalized spacial score (nSPS) is 14.7. The molecule has 0 spiro atoms. The van der Waals surface area contributed by atoms with Crippen LogP contribution in [0.4, 0.5) is 17.6 Å². The number of fused-ring (bicyclic) bond motifs is 1. The fourth-order valence-electron chi connectivity index (χ4n) is 3.97. The monoisotopic (exact) mass is 422 g/mol. The minimum Gasteiger partial charge on any atom is -0.379 e. The van der Waals surface area contributed by atoms with E-state index in [1.807, 2.05) is 0 Å². The van der Waals surface area contributed by atoms with Crippen LogP contribution in [0.2, 0.25) is 0 Å². The third-order valence-electron chi connectivity index (χ3n) is 5.40. The molecule has 0 bridgehead atoms. The average molecular weight is 422 g/mol. The number of nitrogens with zero attached hydrogens (tertiary/aromatic N) is 2. The zero-order chi connectivity index (χ0) is 22.3. The SMILES string of the molecule is Cc1ccc(F)cc1C(C)(C)CC(O)(Cn1ccc(=O)c2ccncc21)C(F)(F)F. The van der Waals surface area contributed by atoms with E-state index in [4.69, 9.17) is 0 Å². The number of aryl methyl sites for hydroxylation is 1. The first-order valence-electron chi connectivity index (χ1n) is 9.33. The summed E-state index contributed by atoms with van der Waals surface area (Å²) in [5.41, 5.74) is -3.47. The van der Waals surface area contributed by atoms with E-state index in [0.29, 0.717) is 11.1 Å². The molecule has 0 saturated heterocycles. The summed E-state index contributed by atoms with van der Waals surface area (Å²) < 4.78 is 57.2. The van der Waals surface area contributed by atoms with Gasteiger partial charge in [0.25, 0.3) is 0 Å². The van der Waals surface area contributed by atoms with Crippen LogP contribution >= 0.6 is 0 Å². The van der Waals surface area contributed by atoms with Gasteiger partial charge >= 0.3 is 6.18 Å². The fraction of sp³-hybridized carbons (Fsp3) is 0.364. The van der Waals surface area contributed by atoms with E-state index in [0.717, 1.165) is 6.07 Å².